The second-order valence-electron chi connectivity index (χ2n) is 5.01. The highest BCUT2D eigenvalue weighted by atomic mass is 79.9. The molecule has 110 valence electrons. The third kappa shape index (κ3) is 5.04. The topological polar surface area (TPSA) is 50.4 Å². The summed E-state index contributed by atoms with van der Waals surface area (Å²) in [5.74, 6) is 0.794. The molecule has 1 saturated carbocycles. The molecule has 2 N–H and O–H groups in total. The van der Waals surface area contributed by atoms with Crippen LogP contribution in [0.4, 0.5) is 4.79 Å². The highest BCUT2D eigenvalue weighted by molar-refractivity contribution is 9.10. The van der Waals surface area contributed by atoms with Gasteiger partial charge >= 0.3 is 6.03 Å². The van der Waals surface area contributed by atoms with E-state index < -0.39 is 0 Å². The van der Waals surface area contributed by atoms with Crippen molar-refractivity contribution >= 4 is 22.0 Å². The SMILES string of the molecule is O=C(NCCOc1ccccc1Br)NC1CCCCC1. The average Bonchev–Trinajstić information content (AvgIpc) is 2.46. The third-order valence-corrected chi connectivity index (χ3v) is 4.08. The fraction of sp³-hybridized carbons (Fsp3) is 0.533. The highest BCUT2D eigenvalue weighted by Crippen LogP contribution is 2.23. The van der Waals surface area contributed by atoms with Crippen molar-refractivity contribution in [3.8, 4) is 5.75 Å². The molecular formula is C15H21BrN2O2. The summed E-state index contributed by atoms with van der Waals surface area (Å²) in [6.07, 6.45) is 5.92. The van der Waals surface area contributed by atoms with Gasteiger partial charge in [0.05, 0.1) is 11.0 Å². The molecule has 0 unspecified atom stereocenters. The number of hydrogen-bond acceptors (Lipinski definition) is 2. The first-order valence-electron chi connectivity index (χ1n) is 7.17. The largest absolute Gasteiger partial charge is 0.491 e. The first kappa shape index (κ1) is 15.2. The van der Waals surface area contributed by atoms with Gasteiger partial charge in [-0.15, -0.1) is 0 Å². The van der Waals surface area contributed by atoms with Crippen LogP contribution in [-0.4, -0.2) is 25.2 Å². The molecule has 5 heteroatoms. The summed E-state index contributed by atoms with van der Waals surface area (Å²) in [6, 6.07) is 7.93. The fourth-order valence-corrected chi connectivity index (χ4v) is 2.77. The Morgan fingerprint density at radius 3 is 2.75 bits per heavy atom. The Labute approximate surface area is 128 Å². The van der Waals surface area contributed by atoms with E-state index in [2.05, 4.69) is 26.6 Å². The standard InChI is InChI=1S/C15H21BrN2O2/c16-13-8-4-5-9-14(13)20-11-10-17-15(19)18-12-6-2-1-3-7-12/h4-5,8-9,12H,1-3,6-7,10-11H2,(H2,17,18,19). The van der Waals surface area contributed by atoms with Gasteiger partial charge in [0.15, 0.2) is 0 Å². The first-order chi connectivity index (χ1) is 9.75. The maximum Gasteiger partial charge on any atom is 0.315 e. The Morgan fingerprint density at radius 2 is 2.00 bits per heavy atom. The van der Waals surface area contributed by atoms with Crippen molar-refractivity contribution in [3.63, 3.8) is 0 Å². The van der Waals surface area contributed by atoms with Crippen molar-refractivity contribution in [1.82, 2.24) is 10.6 Å². The van der Waals surface area contributed by atoms with E-state index in [-0.39, 0.29) is 6.03 Å². The maximum atomic E-state index is 11.7. The number of carbonyl (C=O) groups is 1. The minimum Gasteiger partial charge on any atom is -0.491 e. The normalized spacial score (nSPS) is 15.7. The van der Waals surface area contributed by atoms with Crippen LogP contribution < -0.4 is 15.4 Å². The Balaban J connectivity index is 1.60. The molecule has 4 nitrogen and oxygen atoms in total. The maximum absolute atomic E-state index is 11.7. The van der Waals surface area contributed by atoms with Gasteiger partial charge in [0.25, 0.3) is 0 Å². The van der Waals surface area contributed by atoms with Gasteiger partial charge in [0, 0.05) is 6.04 Å². The number of rotatable bonds is 5. The average molecular weight is 341 g/mol. The van der Waals surface area contributed by atoms with E-state index >= 15 is 0 Å². The smallest absolute Gasteiger partial charge is 0.315 e. The van der Waals surface area contributed by atoms with Crippen molar-refractivity contribution in [2.75, 3.05) is 13.2 Å². The summed E-state index contributed by atoms with van der Waals surface area (Å²) in [4.78, 5) is 11.7. The lowest BCUT2D eigenvalue weighted by Gasteiger charge is -2.22. The molecule has 0 atom stereocenters. The number of ether oxygens (including phenoxy) is 1. The molecule has 0 heterocycles. The van der Waals surface area contributed by atoms with Gasteiger partial charge in [0.2, 0.25) is 0 Å². The predicted octanol–water partition coefficient (Wildman–Crippen LogP) is 3.46. The number of nitrogens with one attached hydrogen (secondary N) is 2. The van der Waals surface area contributed by atoms with Crippen molar-refractivity contribution < 1.29 is 9.53 Å². The van der Waals surface area contributed by atoms with E-state index in [9.17, 15) is 4.79 Å². The molecule has 1 aromatic carbocycles. The monoisotopic (exact) mass is 340 g/mol. The van der Waals surface area contributed by atoms with Crippen LogP contribution in [0, 0.1) is 0 Å². The Morgan fingerprint density at radius 1 is 1.25 bits per heavy atom. The Kier molecular flexibility index (Phi) is 6.18. The number of amides is 2. The zero-order chi connectivity index (χ0) is 14.2. The molecule has 1 aromatic rings. The number of hydrogen-bond donors (Lipinski definition) is 2. The molecule has 1 aliphatic carbocycles. The van der Waals surface area contributed by atoms with Gasteiger partial charge < -0.3 is 15.4 Å². The third-order valence-electron chi connectivity index (χ3n) is 3.42. The van der Waals surface area contributed by atoms with Crippen molar-refractivity contribution in [2.45, 2.75) is 38.1 Å². The van der Waals surface area contributed by atoms with E-state index in [0.29, 0.717) is 19.2 Å². The second-order valence-corrected chi connectivity index (χ2v) is 5.87. The Bertz CT molecular complexity index is 434. The first-order valence-corrected chi connectivity index (χ1v) is 7.96. The number of carbonyl (C=O) groups excluding carboxylic acids is 1. The van der Waals surface area contributed by atoms with Crippen LogP contribution >= 0.6 is 15.9 Å². The molecule has 0 spiro atoms. The molecule has 0 radical (unpaired) electrons. The minimum atomic E-state index is -0.0902. The second kappa shape index (κ2) is 8.15. The molecular weight excluding hydrogens is 320 g/mol. The van der Waals surface area contributed by atoms with Crippen molar-refractivity contribution in [3.05, 3.63) is 28.7 Å². The van der Waals surface area contributed by atoms with Crippen LogP contribution in [-0.2, 0) is 0 Å². The summed E-state index contributed by atoms with van der Waals surface area (Å²) < 4.78 is 6.51. The zero-order valence-corrected chi connectivity index (χ0v) is 13.1. The van der Waals surface area contributed by atoms with Gasteiger partial charge in [-0.3, -0.25) is 0 Å². The van der Waals surface area contributed by atoms with Crippen LogP contribution in [0.5, 0.6) is 5.75 Å². The number of halogens is 1. The highest BCUT2D eigenvalue weighted by Gasteiger charge is 2.15. The van der Waals surface area contributed by atoms with Crippen LogP contribution in [0.25, 0.3) is 0 Å². The molecule has 2 rings (SSSR count). The summed E-state index contributed by atoms with van der Waals surface area (Å²) in [7, 11) is 0. The van der Waals surface area contributed by atoms with Crippen molar-refractivity contribution in [2.24, 2.45) is 0 Å². The lowest BCUT2D eigenvalue weighted by molar-refractivity contribution is 0.228. The van der Waals surface area contributed by atoms with Gasteiger partial charge in [-0.1, -0.05) is 31.4 Å². The molecule has 2 amide bonds. The van der Waals surface area contributed by atoms with Crippen LogP contribution in [0.15, 0.2) is 28.7 Å². The minimum absolute atomic E-state index is 0.0902. The molecule has 20 heavy (non-hydrogen) atoms. The van der Waals surface area contributed by atoms with Gasteiger partial charge in [-0.05, 0) is 40.9 Å². The van der Waals surface area contributed by atoms with Crippen LogP contribution in [0.1, 0.15) is 32.1 Å². The lowest BCUT2D eigenvalue weighted by atomic mass is 9.96. The molecule has 1 fully saturated rings. The zero-order valence-electron chi connectivity index (χ0n) is 11.5. The number of para-hydroxylation sites is 1. The van der Waals surface area contributed by atoms with Crippen molar-refractivity contribution in [1.29, 1.82) is 0 Å². The summed E-state index contributed by atoms with van der Waals surface area (Å²) in [5.41, 5.74) is 0. The van der Waals surface area contributed by atoms with E-state index in [0.717, 1.165) is 23.1 Å². The molecule has 0 aliphatic heterocycles. The van der Waals surface area contributed by atoms with Gasteiger partial charge in [-0.25, -0.2) is 4.79 Å². The van der Waals surface area contributed by atoms with E-state index in [1.807, 2.05) is 24.3 Å². The molecule has 0 aromatic heterocycles. The Hall–Kier alpha value is -1.23. The lowest BCUT2D eigenvalue weighted by Crippen LogP contribution is -2.44. The van der Waals surface area contributed by atoms with Gasteiger partial charge in [-0.2, -0.15) is 0 Å². The van der Waals surface area contributed by atoms with Crippen LogP contribution in [0.3, 0.4) is 0 Å². The van der Waals surface area contributed by atoms with E-state index in [1.54, 1.807) is 0 Å². The summed E-state index contributed by atoms with van der Waals surface area (Å²) in [5, 5.41) is 5.84. The summed E-state index contributed by atoms with van der Waals surface area (Å²) in [6.45, 7) is 0.959. The number of urea groups is 1. The van der Waals surface area contributed by atoms with E-state index in [1.165, 1.54) is 19.3 Å². The quantitative estimate of drug-likeness (QED) is 0.806. The van der Waals surface area contributed by atoms with Crippen LogP contribution in [0.2, 0.25) is 0 Å². The summed E-state index contributed by atoms with van der Waals surface area (Å²) >= 11 is 3.42. The van der Waals surface area contributed by atoms with E-state index in [4.69, 9.17) is 4.74 Å². The van der Waals surface area contributed by atoms with Gasteiger partial charge in [0.1, 0.15) is 12.4 Å². The predicted molar refractivity (Wildman–Crippen MR) is 83.0 cm³/mol. The number of benzene rings is 1. The molecule has 0 saturated heterocycles. The molecule has 0 bridgehead atoms. The fourth-order valence-electron chi connectivity index (χ4n) is 2.37. The molecule has 1 aliphatic rings.